The fraction of sp³-hybridized carbons (Fsp3) is 0.556. The van der Waals surface area contributed by atoms with Crippen LogP contribution in [0.15, 0.2) is 24.3 Å². The average Bonchev–Trinajstić information content (AvgIpc) is 2.97. The van der Waals surface area contributed by atoms with E-state index < -0.39 is 5.92 Å². The first-order valence-corrected chi connectivity index (χ1v) is 8.98. The van der Waals surface area contributed by atoms with Gasteiger partial charge in [0, 0.05) is 30.3 Å². The molecule has 2 aliphatic heterocycles. The number of carbonyl (C=O) groups excluding carboxylic acids is 2. The fourth-order valence-electron chi connectivity index (χ4n) is 3.68. The molecule has 138 valence electrons. The van der Waals surface area contributed by atoms with Crippen LogP contribution in [0.25, 0.3) is 0 Å². The molecule has 7 heteroatoms. The number of likely N-dealkylation sites (tertiary alicyclic amines) is 1. The number of hydrogen-bond donors (Lipinski definition) is 1. The molecule has 1 atom stereocenters. The van der Waals surface area contributed by atoms with E-state index in [4.69, 9.17) is 11.6 Å². The topological polar surface area (TPSA) is 52.7 Å². The van der Waals surface area contributed by atoms with Gasteiger partial charge in [-0.05, 0) is 57.0 Å². The first-order valence-electron chi connectivity index (χ1n) is 8.60. The highest BCUT2D eigenvalue weighted by Gasteiger charge is 2.40. The van der Waals surface area contributed by atoms with Crippen molar-refractivity contribution in [1.29, 1.82) is 0 Å². The van der Waals surface area contributed by atoms with Crippen molar-refractivity contribution in [1.82, 2.24) is 10.2 Å². The Morgan fingerprint density at radius 3 is 2.60 bits per heavy atom. The Morgan fingerprint density at radius 2 is 1.96 bits per heavy atom. The zero-order valence-corrected chi connectivity index (χ0v) is 16.0. The van der Waals surface area contributed by atoms with Crippen molar-refractivity contribution in [2.24, 2.45) is 11.8 Å². The van der Waals surface area contributed by atoms with E-state index in [0.29, 0.717) is 23.9 Å². The number of rotatable bonds is 4. The zero-order valence-electron chi connectivity index (χ0n) is 14.4. The molecule has 0 saturated carbocycles. The minimum Gasteiger partial charge on any atom is -0.342 e. The monoisotopic (exact) mass is 385 g/mol. The summed E-state index contributed by atoms with van der Waals surface area (Å²) in [5, 5.41) is 3.80. The van der Waals surface area contributed by atoms with Gasteiger partial charge in [-0.1, -0.05) is 17.7 Å². The van der Waals surface area contributed by atoms with Gasteiger partial charge in [-0.15, -0.1) is 12.4 Å². The Hall–Kier alpha value is -1.30. The van der Waals surface area contributed by atoms with E-state index in [1.807, 2.05) is 24.1 Å². The number of amides is 2. The van der Waals surface area contributed by atoms with Gasteiger partial charge >= 0.3 is 0 Å². The van der Waals surface area contributed by atoms with Crippen molar-refractivity contribution >= 4 is 41.5 Å². The molecule has 3 rings (SSSR count). The predicted octanol–water partition coefficient (Wildman–Crippen LogP) is 2.57. The van der Waals surface area contributed by atoms with Gasteiger partial charge < -0.3 is 15.1 Å². The maximum absolute atomic E-state index is 12.8. The van der Waals surface area contributed by atoms with E-state index in [1.54, 1.807) is 17.0 Å². The van der Waals surface area contributed by atoms with Crippen LogP contribution in [0.2, 0.25) is 5.02 Å². The van der Waals surface area contributed by atoms with Gasteiger partial charge in [-0.25, -0.2) is 0 Å². The number of benzene rings is 1. The Bertz CT molecular complexity index is 618. The van der Waals surface area contributed by atoms with E-state index in [0.717, 1.165) is 38.2 Å². The summed E-state index contributed by atoms with van der Waals surface area (Å²) in [6, 6.07) is 7.24. The van der Waals surface area contributed by atoms with Crippen LogP contribution >= 0.6 is 24.0 Å². The Kier molecular flexibility index (Phi) is 7.11. The second kappa shape index (κ2) is 8.88. The van der Waals surface area contributed by atoms with E-state index in [9.17, 15) is 9.59 Å². The van der Waals surface area contributed by atoms with Crippen LogP contribution in [0.1, 0.15) is 19.3 Å². The van der Waals surface area contributed by atoms with Crippen LogP contribution in [-0.4, -0.2) is 49.9 Å². The number of anilines is 1. The van der Waals surface area contributed by atoms with E-state index >= 15 is 0 Å². The average molecular weight is 386 g/mol. The molecule has 1 N–H and O–H groups in total. The summed E-state index contributed by atoms with van der Waals surface area (Å²) in [7, 11) is 1.96. The lowest BCUT2D eigenvalue weighted by Gasteiger charge is -2.33. The molecule has 5 nitrogen and oxygen atoms in total. The van der Waals surface area contributed by atoms with Crippen LogP contribution in [0.5, 0.6) is 0 Å². The maximum atomic E-state index is 12.8. The van der Waals surface area contributed by atoms with Crippen molar-refractivity contribution in [2.75, 3.05) is 38.1 Å². The van der Waals surface area contributed by atoms with Crippen molar-refractivity contribution in [2.45, 2.75) is 19.3 Å². The number of nitrogens with one attached hydrogen (secondary N) is 1. The summed E-state index contributed by atoms with van der Waals surface area (Å²) in [6.45, 7) is 3.08. The summed E-state index contributed by atoms with van der Waals surface area (Å²) < 4.78 is 0. The SMILES string of the molecule is CNCC1CCN(C(=O)C2CCN(c3cccc(Cl)c3)C2=O)CC1.Cl. The predicted molar refractivity (Wildman–Crippen MR) is 102 cm³/mol. The number of carbonyl (C=O) groups is 2. The molecular weight excluding hydrogens is 361 g/mol. The minimum atomic E-state index is -0.537. The summed E-state index contributed by atoms with van der Waals surface area (Å²) in [5.41, 5.74) is 0.774. The van der Waals surface area contributed by atoms with E-state index in [1.165, 1.54) is 0 Å². The summed E-state index contributed by atoms with van der Waals surface area (Å²) in [4.78, 5) is 29.0. The lowest BCUT2D eigenvalue weighted by Crippen LogP contribution is -2.45. The second-order valence-electron chi connectivity index (χ2n) is 6.64. The largest absolute Gasteiger partial charge is 0.342 e. The number of halogens is 2. The summed E-state index contributed by atoms with van der Waals surface area (Å²) >= 11 is 6.01. The Balaban J connectivity index is 0.00000225. The maximum Gasteiger partial charge on any atom is 0.239 e. The van der Waals surface area contributed by atoms with Crippen LogP contribution < -0.4 is 10.2 Å². The van der Waals surface area contributed by atoms with Gasteiger partial charge in [-0.3, -0.25) is 9.59 Å². The van der Waals surface area contributed by atoms with Crippen molar-refractivity contribution < 1.29 is 9.59 Å². The van der Waals surface area contributed by atoms with Crippen molar-refractivity contribution in [3.63, 3.8) is 0 Å². The molecule has 1 aromatic carbocycles. The third-order valence-corrected chi connectivity index (χ3v) is 5.28. The first-order chi connectivity index (χ1) is 11.6. The van der Waals surface area contributed by atoms with E-state index in [2.05, 4.69) is 5.32 Å². The Morgan fingerprint density at radius 1 is 1.24 bits per heavy atom. The molecule has 0 bridgehead atoms. The molecule has 0 aromatic heterocycles. The molecular formula is C18H25Cl2N3O2. The molecule has 0 spiro atoms. The van der Waals surface area contributed by atoms with Crippen LogP contribution in [0.4, 0.5) is 5.69 Å². The number of nitrogens with zero attached hydrogens (tertiary/aromatic N) is 2. The van der Waals surface area contributed by atoms with Gasteiger partial charge in [0.25, 0.3) is 0 Å². The minimum absolute atomic E-state index is 0. The van der Waals surface area contributed by atoms with Crippen molar-refractivity contribution in [3.05, 3.63) is 29.3 Å². The van der Waals surface area contributed by atoms with Crippen molar-refractivity contribution in [3.8, 4) is 0 Å². The lowest BCUT2D eigenvalue weighted by molar-refractivity contribution is -0.141. The van der Waals surface area contributed by atoms with E-state index in [-0.39, 0.29) is 24.2 Å². The standard InChI is InChI=1S/C18H24ClN3O2.ClH/c1-20-12-13-5-8-21(9-6-13)17(23)16-7-10-22(18(16)24)15-4-2-3-14(19)11-15;/h2-4,11,13,16,20H,5-10,12H2,1H3;1H. The van der Waals surface area contributed by atoms with Crippen LogP contribution in [0, 0.1) is 11.8 Å². The lowest BCUT2D eigenvalue weighted by atomic mass is 9.95. The molecule has 1 aromatic rings. The second-order valence-corrected chi connectivity index (χ2v) is 7.07. The molecule has 0 radical (unpaired) electrons. The van der Waals surface area contributed by atoms with Gasteiger partial charge in [0.2, 0.25) is 11.8 Å². The van der Waals surface area contributed by atoms with Gasteiger partial charge in [0.15, 0.2) is 0 Å². The molecule has 2 heterocycles. The highest BCUT2D eigenvalue weighted by Crippen LogP contribution is 2.29. The summed E-state index contributed by atoms with van der Waals surface area (Å²) in [5.74, 6) is -0.0156. The van der Waals surface area contributed by atoms with Gasteiger partial charge in [0.05, 0.1) is 0 Å². The molecule has 1 unspecified atom stereocenters. The first kappa shape index (κ1) is 20.0. The number of hydrogen-bond acceptors (Lipinski definition) is 3. The highest BCUT2D eigenvalue weighted by molar-refractivity contribution is 6.31. The highest BCUT2D eigenvalue weighted by atomic mass is 35.5. The molecule has 2 saturated heterocycles. The zero-order chi connectivity index (χ0) is 17.1. The number of piperidine rings is 1. The molecule has 2 aliphatic rings. The smallest absolute Gasteiger partial charge is 0.239 e. The molecule has 0 aliphatic carbocycles. The van der Waals surface area contributed by atoms with Gasteiger partial charge in [0.1, 0.15) is 5.92 Å². The summed E-state index contributed by atoms with van der Waals surface area (Å²) in [6.07, 6.45) is 2.59. The molecule has 2 fully saturated rings. The quantitative estimate of drug-likeness (QED) is 0.810. The third-order valence-electron chi connectivity index (χ3n) is 5.04. The molecule has 2 amide bonds. The van der Waals surface area contributed by atoms with Gasteiger partial charge in [-0.2, -0.15) is 0 Å². The fourth-order valence-corrected chi connectivity index (χ4v) is 3.86. The molecule has 25 heavy (non-hydrogen) atoms. The normalized spacial score (nSPS) is 21.4. The van der Waals surface area contributed by atoms with Crippen LogP contribution in [-0.2, 0) is 9.59 Å². The Labute approximate surface area is 160 Å². The third kappa shape index (κ3) is 4.46. The van der Waals surface area contributed by atoms with Crippen LogP contribution in [0.3, 0.4) is 0 Å².